The maximum absolute atomic E-state index is 13.3. The molecule has 0 aliphatic carbocycles. The summed E-state index contributed by atoms with van der Waals surface area (Å²) in [7, 11) is 2.09. The molecular formula is C24H29N7O2. The Labute approximate surface area is 192 Å². The van der Waals surface area contributed by atoms with Crippen LogP contribution in [-0.2, 0) is 4.74 Å². The van der Waals surface area contributed by atoms with Gasteiger partial charge in [-0.2, -0.15) is 0 Å². The van der Waals surface area contributed by atoms with Gasteiger partial charge in [-0.1, -0.05) is 0 Å². The van der Waals surface area contributed by atoms with E-state index in [-0.39, 0.29) is 18.1 Å². The number of morpholine rings is 1. The maximum atomic E-state index is 13.3. The highest BCUT2D eigenvalue weighted by Gasteiger charge is 2.35. The van der Waals surface area contributed by atoms with E-state index in [2.05, 4.69) is 16.8 Å². The normalized spacial score (nSPS) is 23.4. The number of likely N-dealkylation sites (N-methyl/N-ethyl adjacent to an activating group) is 1. The highest BCUT2D eigenvalue weighted by atomic mass is 16.5. The van der Waals surface area contributed by atoms with Gasteiger partial charge in [-0.3, -0.25) is 4.79 Å². The Balaban J connectivity index is 1.41. The Morgan fingerprint density at radius 3 is 2.45 bits per heavy atom. The first-order valence-corrected chi connectivity index (χ1v) is 11.7. The van der Waals surface area contributed by atoms with Gasteiger partial charge in [0.05, 0.1) is 17.8 Å². The van der Waals surface area contributed by atoms with E-state index in [0.29, 0.717) is 17.1 Å². The number of hydrogen-bond donors (Lipinski definition) is 1. The van der Waals surface area contributed by atoms with Gasteiger partial charge in [0.1, 0.15) is 5.52 Å². The van der Waals surface area contributed by atoms with Gasteiger partial charge in [0.25, 0.3) is 5.91 Å². The van der Waals surface area contributed by atoms with Crippen LogP contribution in [0.1, 0.15) is 23.2 Å². The highest BCUT2D eigenvalue weighted by molar-refractivity contribution is 5.96. The Morgan fingerprint density at radius 1 is 1.06 bits per heavy atom. The minimum atomic E-state index is 0.0515. The third-order valence-corrected chi connectivity index (χ3v) is 6.99. The van der Waals surface area contributed by atoms with Crippen LogP contribution >= 0.6 is 0 Å². The monoisotopic (exact) mass is 447 g/mol. The number of benzene rings is 1. The number of nitrogen functional groups attached to an aromatic ring is 1. The van der Waals surface area contributed by atoms with Crippen molar-refractivity contribution in [2.45, 2.75) is 25.0 Å². The summed E-state index contributed by atoms with van der Waals surface area (Å²) in [6.07, 6.45) is 4.49. The molecule has 3 aliphatic rings. The van der Waals surface area contributed by atoms with Crippen LogP contribution in [0.5, 0.6) is 0 Å². The van der Waals surface area contributed by atoms with E-state index in [1.807, 2.05) is 45.9 Å². The Hall–Kier alpha value is -3.17. The molecule has 0 spiro atoms. The molecule has 9 heteroatoms. The SMILES string of the molecule is CN1CCN(C(=O)c2cc3c(N4CC5CCC(C4)O5)nc(-c4ccc(N)cc4)nn3c2)CC1. The number of anilines is 2. The number of carbonyl (C=O) groups is 1. The van der Waals surface area contributed by atoms with Crippen molar-refractivity contribution in [2.75, 3.05) is 56.9 Å². The number of amides is 1. The van der Waals surface area contributed by atoms with Gasteiger partial charge in [-0.25, -0.2) is 9.50 Å². The van der Waals surface area contributed by atoms with Gasteiger partial charge in [-0.05, 0) is 50.2 Å². The van der Waals surface area contributed by atoms with Gasteiger partial charge < -0.3 is 25.2 Å². The Morgan fingerprint density at radius 2 is 1.76 bits per heavy atom. The molecule has 1 aromatic carbocycles. The molecule has 2 bridgehead atoms. The van der Waals surface area contributed by atoms with Crippen LogP contribution in [-0.4, -0.2) is 88.8 Å². The van der Waals surface area contributed by atoms with E-state index >= 15 is 0 Å². The van der Waals surface area contributed by atoms with Crippen molar-refractivity contribution in [3.05, 3.63) is 42.1 Å². The van der Waals surface area contributed by atoms with Gasteiger partial charge in [0.2, 0.25) is 0 Å². The second-order valence-electron chi connectivity index (χ2n) is 9.40. The molecule has 2 unspecified atom stereocenters. The molecule has 0 saturated carbocycles. The minimum absolute atomic E-state index is 0.0515. The quantitative estimate of drug-likeness (QED) is 0.612. The summed E-state index contributed by atoms with van der Waals surface area (Å²) in [5, 5.41) is 4.77. The number of nitrogens with zero attached hydrogens (tertiary/aromatic N) is 6. The second kappa shape index (κ2) is 8.00. The molecule has 2 atom stereocenters. The predicted molar refractivity (Wildman–Crippen MR) is 126 cm³/mol. The molecule has 3 aromatic rings. The fourth-order valence-corrected chi connectivity index (χ4v) is 5.07. The number of ether oxygens (including phenoxy) is 1. The number of aromatic nitrogens is 3. The van der Waals surface area contributed by atoms with Crippen LogP contribution in [0.25, 0.3) is 16.9 Å². The standard InChI is InChI=1S/C24H29N7O2/c1-28-8-10-29(11-9-28)24(32)17-12-21-23(30-14-19-6-7-20(15-30)33-19)26-22(27-31(21)13-17)16-2-4-18(25)5-3-16/h2-5,12-13,19-20H,6-11,14-15,25H2,1H3. The molecule has 2 aromatic heterocycles. The van der Waals surface area contributed by atoms with Crippen molar-refractivity contribution in [1.82, 2.24) is 24.4 Å². The lowest BCUT2D eigenvalue weighted by atomic mass is 10.2. The topological polar surface area (TPSA) is 92.2 Å². The average Bonchev–Trinajstić information content (AvgIpc) is 3.41. The fraction of sp³-hybridized carbons (Fsp3) is 0.458. The zero-order valence-corrected chi connectivity index (χ0v) is 18.9. The maximum Gasteiger partial charge on any atom is 0.255 e. The number of piperazine rings is 1. The molecule has 1 amide bonds. The van der Waals surface area contributed by atoms with E-state index in [1.54, 1.807) is 0 Å². The van der Waals surface area contributed by atoms with Crippen molar-refractivity contribution >= 4 is 22.9 Å². The lowest BCUT2D eigenvalue weighted by molar-refractivity contribution is 0.0303. The van der Waals surface area contributed by atoms with Crippen molar-refractivity contribution in [3.63, 3.8) is 0 Å². The average molecular weight is 448 g/mol. The molecule has 6 rings (SSSR count). The Kier molecular flexibility index (Phi) is 4.95. The molecule has 0 radical (unpaired) electrons. The molecule has 172 valence electrons. The first kappa shape index (κ1) is 20.4. The zero-order chi connectivity index (χ0) is 22.5. The Bertz CT molecular complexity index is 1170. The van der Waals surface area contributed by atoms with Crippen molar-refractivity contribution in [1.29, 1.82) is 0 Å². The number of hydrogen-bond acceptors (Lipinski definition) is 7. The molecule has 9 nitrogen and oxygen atoms in total. The zero-order valence-electron chi connectivity index (χ0n) is 18.9. The van der Waals surface area contributed by atoms with Gasteiger partial charge in [0.15, 0.2) is 11.6 Å². The summed E-state index contributed by atoms with van der Waals surface area (Å²) < 4.78 is 7.86. The molecule has 5 heterocycles. The van der Waals surface area contributed by atoms with E-state index in [0.717, 1.165) is 69.0 Å². The van der Waals surface area contributed by atoms with Gasteiger partial charge in [0, 0.05) is 56.7 Å². The molecule has 3 aliphatic heterocycles. The third-order valence-electron chi connectivity index (χ3n) is 6.99. The lowest BCUT2D eigenvalue weighted by Crippen LogP contribution is -2.47. The summed E-state index contributed by atoms with van der Waals surface area (Å²) in [6, 6.07) is 9.53. The van der Waals surface area contributed by atoms with Crippen LogP contribution in [0.4, 0.5) is 11.5 Å². The van der Waals surface area contributed by atoms with Gasteiger partial charge in [-0.15, -0.1) is 5.10 Å². The van der Waals surface area contributed by atoms with Crippen LogP contribution in [0.3, 0.4) is 0 Å². The molecule has 33 heavy (non-hydrogen) atoms. The molecular weight excluding hydrogens is 418 g/mol. The first-order valence-electron chi connectivity index (χ1n) is 11.7. The van der Waals surface area contributed by atoms with E-state index in [1.165, 1.54) is 0 Å². The van der Waals surface area contributed by atoms with Crippen LogP contribution < -0.4 is 10.6 Å². The van der Waals surface area contributed by atoms with E-state index in [4.69, 9.17) is 20.6 Å². The lowest BCUT2D eigenvalue weighted by Gasteiger charge is -2.33. The number of carbonyl (C=O) groups excluding carboxylic acids is 1. The van der Waals surface area contributed by atoms with Crippen LogP contribution in [0.15, 0.2) is 36.5 Å². The fourth-order valence-electron chi connectivity index (χ4n) is 5.07. The minimum Gasteiger partial charge on any atom is -0.399 e. The van der Waals surface area contributed by atoms with E-state index < -0.39 is 0 Å². The number of rotatable bonds is 3. The van der Waals surface area contributed by atoms with Crippen molar-refractivity contribution in [2.24, 2.45) is 0 Å². The summed E-state index contributed by atoms with van der Waals surface area (Å²) in [5.74, 6) is 1.52. The summed E-state index contributed by atoms with van der Waals surface area (Å²) in [6.45, 7) is 4.87. The molecule has 3 saturated heterocycles. The first-order chi connectivity index (χ1) is 16.0. The number of fused-ring (bicyclic) bond motifs is 3. The van der Waals surface area contributed by atoms with Crippen molar-refractivity contribution in [3.8, 4) is 11.4 Å². The third kappa shape index (κ3) is 3.81. The van der Waals surface area contributed by atoms with Gasteiger partial charge >= 0.3 is 0 Å². The predicted octanol–water partition coefficient (Wildman–Crippen LogP) is 1.73. The summed E-state index contributed by atoms with van der Waals surface area (Å²) >= 11 is 0. The summed E-state index contributed by atoms with van der Waals surface area (Å²) in [4.78, 5) is 24.7. The van der Waals surface area contributed by atoms with Crippen molar-refractivity contribution < 1.29 is 9.53 Å². The number of nitrogens with two attached hydrogens (primary N) is 1. The van der Waals surface area contributed by atoms with Crippen LogP contribution in [0.2, 0.25) is 0 Å². The second-order valence-corrected chi connectivity index (χ2v) is 9.40. The molecule has 2 N–H and O–H groups in total. The molecule has 3 fully saturated rings. The smallest absolute Gasteiger partial charge is 0.255 e. The van der Waals surface area contributed by atoms with Crippen LogP contribution in [0, 0.1) is 0 Å². The largest absolute Gasteiger partial charge is 0.399 e. The van der Waals surface area contributed by atoms with E-state index in [9.17, 15) is 4.79 Å². The summed E-state index contributed by atoms with van der Waals surface area (Å²) in [5.41, 5.74) is 8.98. The highest BCUT2D eigenvalue weighted by Crippen LogP contribution is 2.32.